The molecule has 0 amide bonds. The van der Waals surface area contributed by atoms with Gasteiger partial charge in [0.2, 0.25) is 0 Å². The Morgan fingerprint density at radius 3 is 2.57 bits per heavy atom. The molecule has 0 aliphatic rings. The van der Waals surface area contributed by atoms with E-state index < -0.39 is 12.7 Å². The second-order valence-corrected chi connectivity index (χ2v) is 2.60. The average Bonchev–Trinajstić information content (AvgIpc) is 2.16. The minimum atomic E-state index is -2.90. The van der Waals surface area contributed by atoms with Crippen LogP contribution in [0.4, 0.5) is 8.78 Å². The van der Waals surface area contributed by atoms with Crippen molar-refractivity contribution in [3.63, 3.8) is 0 Å². The Labute approximate surface area is 80.4 Å². The van der Waals surface area contributed by atoms with Crippen LogP contribution in [0.3, 0.4) is 0 Å². The molecule has 1 atom stereocenters. The van der Waals surface area contributed by atoms with E-state index in [4.69, 9.17) is 0 Å². The molecule has 2 nitrogen and oxygen atoms in total. The maximum atomic E-state index is 11.9. The summed E-state index contributed by atoms with van der Waals surface area (Å²) in [7, 11) is 0. The van der Waals surface area contributed by atoms with Crippen molar-refractivity contribution in [2.45, 2.75) is 12.7 Å². The highest BCUT2D eigenvalue weighted by atomic mass is 19.3. The molecule has 76 valence electrons. The number of aliphatic hydroxyl groups is 1. The second kappa shape index (κ2) is 4.72. The zero-order valence-corrected chi connectivity index (χ0v) is 7.36. The van der Waals surface area contributed by atoms with Crippen LogP contribution in [0.1, 0.15) is 11.7 Å². The van der Waals surface area contributed by atoms with Crippen molar-refractivity contribution in [2.75, 3.05) is 0 Å². The van der Waals surface area contributed by atoms with Crippen LogP contribution in [0.15, 0.2) is 36.9 Å². The summed E-state index contributed by atoms with van der Waals surface area (Å²) in [5, 5.41) is 9.38. The Balaban J connectivity index is 2.96. The normalized spacial score (nSPS) is 12.6. The van der Waals surface area contributed by atoms with Crippen molar-refractivity contribution in [1.82, 2.24) is 0 Å². The van der Waals surface area contributed by atoms with Crippen LogP contribution < -0.4 is 4.74 Å². The first-order valence-electron chi connectivity index (χ1n) is 3.99. The van der Waals surface area contributed by atoms with E-state index in [-0.39, 0.29) is 11.3 Å². The van der Waals surface area contributed by atoms with E-state index in [9.17, 15) is 13.9 Å². The van der Waals surface area contributed by atoms with E-state index in [0.29, 0.717) is 0 Å². The predicted molar refractivity (Wildman–Crippen MR) is 48.2 cm³/mol. The molecule has 14 heavy (non-hydrogen) atoms. The van der Waals surface area contributed by atoms with Gasteiger partial charge in [-0.05, 0) is 6.07 Å². The third kappa shape index (κ3) is 2.53. The van der Waals surface area contributed by atoms with Crippen LogP contribution in [-0.2, 0) is 0 Å². The Kier molecular flexibility index (Phi) is 3.59. The van der Waals surface area contributed by atoms with E-state index in [2.05, 4.69) is 11.3 Å². The monoisotopic (exact) mass is 200 g/mol. The first kappa shape index (κ1) is 10.7. The zero-order chi connectivity index (χ0) is 10.6. The summed E-state index contributed by atoms with van der Waals surface area (Å²) in [6, 6.07) is 6.05. The van der Waals surface area contributed by atoms with Crippen LogP contribution in [0.2, 0.25) is 0 Å². The first-order valence-corrected chi connectivity index (χ1v) is 3.99. The number of rotatable bonds is 4. The maximum Gasteiger partial charge on any atom is 0.387 e. The largest absolute Gasteiger partial charge is 0.434 e. The molecular weight excluding hydrogens is 190 g/mol. The molecule has 4 heteroatoms. The SMILES string of the molecule is C=CC(O)c1ccccc1OC(F)F. The van der Waals surface area contributed by atoms with E-state index in [1.807, 2.05) is 0 Å². The van der Waals surface area contributed by atoms with Gasteiger partial charge in [-0.3, -0.25) is 0 Å². The molecule has 1 N–H and O–H groups in total. The maximum absolute atomic E-state index is 11.9. The molecule has 0 radical (unpaired) electrons. The van der Waals surface area contributed by atoms with Gasteiger partial charge in [0.05, 0.1) is 0 Å². The van der Waals surface area contributed by atoms with Crippen LogP contribution in [0, 0.1) is 0 Å². The molecule has 0 fully saturated rings. The highest BCUT2D eigenvalue weighted by Crippen LogP contribution is 2.26. The predicted octanol–water partition coefficient (Wildman–Crippen LogP) is 2.51. The minimum Gasteiger partial charge on any atom is -0.434 e. The molecule has 0 aliphatic carbocycles. The fourth-order valence-corrected chi connectivity index (χ4v) is 1.06. The molecule has 0 saturated heterocycles. The third-order valence-corrected chi connectivity index (χ3v) is 1.68. The summed E-state index contributed by atoms with van der Waals surface area (Å²) < 4.78 is 28.1. The second-order valence-electron chi connectivity index (χ2n) is 2.60. The topological polar surface area (TPSA) is 29.5 Å². The lowest BCUT2D eigenvalue weighted by atomic mass is 10.1. The zero-order valence-electron chi connectivity index (χ0n) is 7.36. The highest BCUT2D eigenvalue weighted by Gasteiger charge is 2.12. The van der Waals surface area contributed by atoms with Gasteiger partial charge in [-0.15, -0.1) is 6.58 Å². The van der Waals surface area contributed by atoms with Crippen LogP contribution in [0.5, 0.6) is 5.75 Å². The molecule has 0 bridgehead atoms. The van der Waals surface area contributed by atoms with Gasteiger partial charge in [0.15, 0.2) is 0 Å². The quantitative estimate of drug-likeness (QED) is 0.756. The lowest BCUT2D eigenvalue weighted by molar-refractivity contribution is -0.0512. The van der Waals surface area contributed by atoms with E-state index in [0.717, 1.165) is 0 Å². The summed E-state index contributed by atoms with van der Waals surface area (Å²) in [6.07, 6.45) is 0.248. The Hall–Kier alpha value is -1.42. The van der Waals surface area contributed by atoms with Gasteiger partial charge in [-0.25, -0.2) is 0 Å². The van der Waals surface area contributed by atoms with Gasteiger partial charge in [-0.1, -0.05) is 24.3 Å². The molecule has 0 heterocycles. The van der Waals surface area contributed by atoms with Gasteiger partial charge in [0.1, 0.15) is 11.9 Å². The van der Waals surface area contributed by atoms with Gasteiger partial charge in [0.25, 0.3) is 0 Å². The number of alkyl halides is 2. The number of aliphatic hydroxyl groups excluding tert-OH is 1. The van der Waals surface area contributed by atoms with Gasteiger partial charge >= 0.3 is 6.61 Å². The lowest BCUT2D eigenvalue weighted by Crippen LogP contribution is -2.05. The van der Waals surface area contributed by atoms with Gasteiger partial charge in [-0.2, -0.15) is 8.78 Å². The van der Waals surface area contributed by atoms with Gasteiger partial charge < -0.3 is 9.84 Å². The van der Waals surface area contributed by atoms with Crippen molar-refractivity contribution in [1.29, 1.82) is 0 Å². The molecule has 0 aliphatic heterocycles. The highest BCUT2D eigenvalue weighted by molar-refractivity contribution is 5.36. The lowest BCUT2D eigenvalue weighted by Gasteiger charge is -2.12. The first-order chi connectivity index (χ1) is 6.65. The molecule has 1 aromatic carbocycles. The smallest absolute Gasteiger partial charge is 0.387 e. The fraction of sp³-hybridized carbons (Fsp3) is 0.200. The molecular formula is C10H10F2O2. The van der Waals surface area contributed by atoms with E-state index >= 15 is 0 Å². The summed E-state index contributed by atoms with van der Waals surface area (Å²) in [5.74, 6) is -0.0325. The number of halogens is 2. The van der Waals surface area contributed by atoms with E-state index in [1.165, 1.54) is 18.2 Å². The molecule has 0 aromatic heterocycles. The Morgan fingerprint density at radius 2 is 2.00 bits per heavy atom. The van der Waals surface area contributed by atoms with Crippen LogP contribution in [-0.4, -0.2) is 11.7 Å². The molecule has 0 spiro atoms. The van der Waals surface area contributed by atoms with Gasteiger partial charge in [0, 0.05) is 5.56 Å². The third-order valence-electron chi connectivity index (χ3n) is 1.68. The van der Waals surface area contributed by atoms with Crippen molar-refractivity contribution in [3.8, 4) is 5.75 Å². The summed E-state index contributed by atoms with van der Waals surface area (Å²) in [6.45, 7) is 0.469. The number of para-hydroxylation sites is 1. The van der Waals surface area contributed by atoms with Crippen LogP contribution in [0.25, 0.3) is 0 Å². The number of ether oxygens (including phenoxy) is 1. The molecule has 0 saturated carbocycles. The number of hydrogen-bond donors (Lipinski definition) is 1. The summed E-state index contributed by atoms with van der Waals surface area (Å²) in [5.41, 5.74) is 0.280. The van der Waals surface area contributed by atoms with Crippen molar-refractivity contribution >= 4 is 0 Å². The van der Waals surface area contributed by atoms with Crippen molar-refractivity contribution < 1.29 is 18.6 Å². The van der Waals surface area contributed by atoms with Crippen LogP contribution >= 0.6 is 0 Å². The molecule has 1 rings (SSSR count). The Morgan fingerprint density at radius 1 is 1.36 bits per heavy atom. The fourth-order valence-electron chi connectivity index (χ4n) is 1.06. The molecule has 1 unspecified atom stereocenters. The summed E-state index contributed by atoms with van der Waals surface area (Å²) >= 11 is 0. The Bertz CT molecular complexity index is 313. The number of benzene rings is 1. The minimum absolute atomic E-state index is 0.0325. The average molecular weight is 200 g/mol. The van der Waals surface area contributed by atoms with Crippen molar-refractivity contribution in [3.05, 3.63) is 42.5 Å². The standard InChI is InChI=1S/C10H10F2O2/c1-2-8(13)7-5-3-4-6-9(7)14-10(11)12/h2-6,8,10,13H,1H2. The van der Waals surface area contributed by atoms with E-state index in [1.54, 1.807) is 12.1 Å². The summed E-state index contributed by atoms with van der Waals surface area (Å²) in [4.78, 5) is 0. The molecule has 1 aromatic rings. The van der Waals surface area contributed by atoms with Crippen molar-refractivity contribution in [2.24, 2.45) is 0 Å². The number of hydrogen-bond acceptors (Lipinski definition) is 2.